The maximum absolute atomic E-state index is 13.2. The zero-order valence-electron chi connectivity index (χ0n) is 12.8. The van der Waals surface area contributed by atoms with Gasteiger partial charge in [-0.25, -0.2) is 4.39 Å². The molecule has 0 radical (unpaired) electrons. The van der Waals surface area contributed by atoms with E-state index in [0.29, 0.717) is 10.9 Å². The molecule has 1 saturated heterocycles. The predicted octanol–water partition coefficient (Wildman–Crippen LogP) is 3.40. The highest BCUT2D eigenvalue weighted by Gasteiger charge is 2.22. The van der Waals surface area contributed by atoms with E-state index in [0.717, 1.165) is 44.0 Å². The lowest BCUT2D eigenvalue weighted by atomic mass is 9.93. The summed E-state index contributed by atoms with van der Waals surface area (Å²) < 4.78 is 13.6. The lowest BCUT2D eigenvalue weighted by Gasteiger charge is -2.32. The molecule has 1 heterocycles. The van der Waals surface area contributed by atoms with E-state index in [4.69, 9.17) is 0 Å². The fraction of sp³-hybridized carbons (Fsp3) is 0.562. The highest BCUT2D eigenvalue weighted by atomic mass is 79.9. The van der Waals surface area contributed by atoms with Gasteiger partial charge in [-0.1, -0.05) is 6.07 Å². The molecule has 6 heteroatoms. The molecular formula is C16H23BrClFN2O. The van der Waals surface area contributed by atoms with Crippen LogP contribution in [0.3, 0.4) is 0 Å². The van der Waals surface area contributed by atoms with Crippen molar-refractivity contribution in [1.82, 2.24) is 10.2 Å². The molecule has 1 amide bonds. The molecule has 0 bridgehead atoms. The third-order valence-electron chi connectivity index (χ3n) is 4.11. The van der Waals surface area contributed by atoms with E-state index < -0.39 is 0 Å². The minimum absolute atomic E-state index is 0. The van der Waals surface area contributed by atoms with Crippen LogP contribution in [0.1, 0.15) is 24.8 Å². The van der Waals surface area contributed by atoms with Crippen LogP contribution < -0.4 is 5.32 Å². The van der Waals surface area contributed by atoms with Crippen molar-refractivity contribution in [2.45, 2.75) is 25.7 Å². The molecule has 0 atom stereocenters. The summed E-state index contributed by atoms with van der Waals surface area (Å²) in [6, 6.07) is 4.77. The number of nitrogens with one attached hydrogen (secondary N) is 1. The molecule has 1 N–H and O–H groups in total. The summed E-state index contributed by atoms with van der Waals surface area (Å²) in [6.45, 7) is 2.73. The van der Waals surface area contributed by atoms with Crippen molar-refractivity contribution >= 4 is 34.2 Å². The van der Waals surface area contributed by atoms with Crippen LogP contribution in [0.15, 0.2) is 22.7 Å². The summed E-state index contributed by atoms with van der Waals surface area (Å²) in [4.78, 5) is 14.2. The van der Waals surface area contributed by atoms with Crippen LogP contribution in [0, 0.1) is 11.7 Å². The van der Waals surface area contributed by atoms with Gasteiger partial charge >= 0.3 is 0 Å². The molecule has 0 aromatic heterocycles. The molecule has 2 rings (SSSR count). The standard InChI is InChI=1S/C16H22BrFN2O.ClH/c1-19-7-4-12-5-8-20(9-6-12)16(21)11-13-2-3-15(18)14(17)10-13;/h2-3,10,12,19H,4-9,11H2,1H3;1H. The first-order chi connectivity index (χ1) is 10.1. The van der Waals surface area contributed by atoms with E-state index in [2.05, 4.69) is 21.2 Å². The second kappa shape index (κ2) is 9.48. The number of halogens is 3. The lowest BCUT2D eigenvalue weighted by Crippen LogP contribution is -2.39. The molecule has 1 fully saturated rings. The normalized spacial score (nSPS) is 15.5. The number of rotatable bonds is 5. The van der Waals surface area contributed by atoms with E-state index in [1.807, 2.05) is 11.9 Å². The first-order valence-corrected chi connectivity index (χ1v) is 8.25. The fourth-order valence-electron chi connectivity index (χ4n) is 2.76. The number of carbonyl (C=O) groups is 1. The lowest BCUT2D eigenvalue weighted by molar-refractivity contribution is -0.131. The van der Waals surface area contributed by atoms with Crippen LogP contribution in [-0.4, -0.2) is 37.5 Å². The summed E-state index contributed by atoms with van der Waals surface area (Å²) in [5, 5.41) is 3.18. The topological polar surface area (TPSA) is 32.3 Å². The van der Waals surface area contributed by atoms with Gasteiger partial charge in [0.2, 0.25) is 5.91 Å². The number of nitrogens with zero attached hydrogens (tertiary/aromatic N) is 1. The molecular weight excluding hydrogens is 371 g/mol. The van der Waals surface area contributed by atoms with E-state index in [-0.39, 0.29) is 24.1 Å². The zero-order chi connectivity index (χ0) is 15.2. The largest absolute Gasteiger partial charge is 0.342 e. The summed E-state index contributed by atoms with van der Waals surface area (Å²) >= 11 is 3.16. The van der Waals surface area contributed by atoms with E-state index in [9.17, 15) is 9.18 Å². The molecule has 1 aliphatic heterocycles. The zero-order valence-corrected chi connectivity index (χ0v) is 15.2. The average Bonchev–Trinajstić information content (AvgIpc) is 2.49. The predicted molar refractivity (Wildman–Crippen MR) is 92.9 cm³/mol. The number of carbonyl (C=O) groups excluding carboxylic acids is 1. The van der Waals surface area contributed by atoms with Crippen molar-refractivity contribution in [3.05, 3.63) is 34.1 Å². The first-order valence-electron chi connectivity index (χ1n) is 7.46. The molecule has 1 aromatic rings. The Kier molecular flexibility index (Phi) is 8.36. The van der Waals surface area contributed by atoms with Crippen LogP contribution in [0.25, 0.3) is 0 Å². The third kappa shape index (κ3) is 5.52. The molecule has 0 saturated carbocycles. The maximum atomic E-state index is 13.2. The van der Waals surface area contributed by atoms with Crippen molar-refractivity contribution < 1.29 is 9.18 Å². The Morgan fingerprint density at radius 1 is 1.41 bits per heavy atom. The molecule has 3 nitrogen and oxygen atoms in total. The number of amides is 1. The smallest absolute Gasteiger partial charge is 0.226 e. The second-order valence-corrected chi connectivity index (χ2v) is 6.50. The van der Waals surface area contributed by atoms with E-state index >= 15 is 0 Å². The first kappa shape index (κ1) is 19.4. The van der Waals surface area contributed by atoms with E-state index in [1.165, 1.54) is 12.5 Å². The molecule has 0 unspecified atom stereocenters. The summed E-state index contributed by atoms with van der Waals surface area (Å²) in [5.41, 5.74) is 0.852. The van der Waals surface area contributed by atoms with Crippen molar-refractivity contribution in [3.63, 3.8) is 0 Å². The Balaban J connectivity index is 0.00000242. The van der Waals surface area contributed by atoms with Crippen molar-refractivity contribution in [2.24, 2.45) is 5.92 Å². The van der Waals surface area contributed by atoms with Crippen molar-refractivity contribution in [3.8, 4) is 0 Å². The van der Waals surface area contributed by atoms with Gasteiger partial charge in [-0.05, 0) is 72.4 Å². The number of likely N-dealkylation sites (tertiary alicyclic amines) is 1. The molecule has 0 spiro atoms. The van der Waals surface area contributed by atoms with Crippen LogP contribution in [-0.2, 0) is 11.2 Å². The average molecular weight is 394 g/mol. The van der Waals surface area contributed by atoms with Crippen LogP contribution in [0.4, 0.5) is 4.39 Å². The Bertz CT molecular complexity index is 493. The number of hydrogen-bond acceptors (Lipinski definition) is 2. The highest BCUT2D eigenvalue weighted by molar-refractivity contribution is 9.10. The number of benzene rings is 1. The van der Waals surface area contributed by atoms with Gasteiger partial charge in [-0.2, -0.15) is 0 Å². The number of piperidine rings is 1. The van der Waals surface area contributed by atoms with Gasteiger partial charge in [0.1, 0.15) is 5.82 Å². The highest BCUT2D eigenvalue weighted by Crippen LogP contribution is 2.22. The van der Waals surface area contributed by atoms with Gasteiger partial charge in [0.05, 0.1) is 10.9 Å². The molecule has 22 heavy (non-hydrogen) atoms. The molecule has 1 aliphatic rings. The van der Waals surface area contributed by atoms with Gasteiger partial charge in [0.15, 0.2) is 0 Å². The van der Waals surface area contributed by atoms with Gasteiger partial charge in [0.25, 0.3) is 0 Å². The molecule has 1 aromatic carbocycles. The van der Waals surface area contributed by atoms with Gasteiger partial charge < -0.3 is 10.2 Å². The van der Waals surface area contributed by atoms with Crippen LogP contribution >= 0.6 is 28.3 Å². The number of hydrogen-bond donors (Lipinski definition) is 1. The fourth-order valence-corrected chi connectivity index (χ4v) is 3.18. The van der Waals surface area contributed by atoms with Gasteiger partial charge in [-0.3, -0.25) is 4.79 Å². The minimum Gasteiger partial charge on any atom is -0.342 e. The second-order valence-electron chi connectivity index (χ2n) is 5.64. The monoisotopic (exact) mass is 392 g/mol. The Morgan fingerprint density at radius 3 is 2.68 bits per heavy atom. The maximum Gasteiger partial charge on any atom is 0.226 e. The minimum atomic E-state index is -0.295. The van der Waals surface area contributed by atoms with Crippen molar-refractivity contribution in [2.75, 3.05) is 26.7 Å². The summed E-state index contributed by atoms with van der Waals surface area (Å²) in [7, 11) is 1.97. The SMILES string of the molecule is CNCCC1CCN(C(=O)Cc2ccc(F)c(Br)c2)CC1.Cl. The van der Waals surface area contributed by atoms with Crippen LogP contribution in [0.5, 0.6) is 0 Å². The van der Waals surface area contributed by atoms with Crippen LogP contribution in [0.2, 0.25) is 0 Å². The third-order valence-corrected chi connectivity index (χ3v) is 4.72. The quantitative estimate of drug-likeness (QED) is 0.831. The van der Waals surface area contributed by atoms with Crippen molar-refractivity contribution in [1.29, 1.82) is 0 Å². The Morgan fingerprint density at radius 2 is 2.09 bits per heavy atom. The summed E-state index contributed by atoms with van der Waals surface area (Å²) in [5.74, 6) is 0.568. The Hall–Kier alpha value is -0.650. The van der Waals surface area contributed by atoms with Gasteiger partial charge in [-0.15, -0.1) is 12.4 Å². The molecule has 124 valence electrons. The van der Waals surface area contributed by atoms with Gasteiger partial charge in [0, 0.05) is 13.1 Å². The molecule has 0 aliphatic carbocycles. The van der Waals surface area contributed by atoms with E-state index in [1.54, 1.807) is 12.1 Å². The Labute approximate surface area is 146 Å². The summed E-state index contributed by atoms with van der Waals surface area (Å²) in [6.07, 6.45) is 3.70.